The zero-order chi connectivity index (χ0) is 16.9. The number of hydrogen-bond donors (Lipinski definition) is 2. The highest BCUT2D eigenvalue weighted by Gasteiger charge is 2.07. The first kappa shape index (κ1) is 15.7. The third kappa shape index (κ3) is 3.40. The van der Waals surface area contributed by atoms with Crippen molar-refractivity contribution in [2.75, 3.05) is 19.0 Å². The van der Waals surface area contributed by atoms with Gasteiger partial charge in [-0.3, -0.25) is 10.3 Å². The molecule has 3 rings (SSSR count). The number of amides is 2. The first-order valence-electron chi connectivity index (χ1n) is 7.52. The lowest BCUT2D eigenvalue weighted by Crippen LogP contribution is -2.28. The van der Waals surface area contributed by atoms with Crippen LogP contribution in [0.4, 0.5) is 10.6 Å². The number of ether oxygens (including phenoxy) is 1. The zero-order valence-corrected chi connectivity index (χ0v) is 13.4. The summed E-state index contributed by atoms with van der Waals surface area (Å²) in [5, 5.41) is 5.32. The Balaban J connectivity index is 1.95. The molecule has 2 heterocycles. The Morgan fingerprint density at radius 2 is 2.08 bits per heavy atom. The molecule has 0 aliphatic carbocycles. The number of pyridine rings is 1. The minimum atomic E-state index is -0.304. The van der Waals surface area contributed by atoms with Crippen LogP contribution < -0.4 is 15.4 Å². The van der Waals surface area contributed by atoms with Crippen molar-refractivity contribution in [3.8, 4) is 17.0 Å². The van der Waals surface area contributed by atoms with Crippen molar-refractivity contribution < 1.29 is 9.53 Å². The Morgan fingerprint density at radius 3 is 2.88 bits per heavy atom. The van der Waals surface area contributed by atoms with E-state index in [0.29, 0.717) is 29.2 Å². The molecule has 1 aromatic carbocycles. The topological polar surface area (TPSA) is 89.0 Å². The molecule has 2 amide bonds. The van der Waals surface area contributed by atoms with Gasteiger partial charge in [0.25, 0.3) is 0 Å². The maximum absolute atomic E-state index is 11.6. The largest absolute Gasteiger partial charge is 0.497 e. The van der Waals surface area contributed by atoms with Gasteiger partial charge in [-0.2, -0.15) is 0 Å². The first-order valence-corrected chi connectivity index (χ1v) is 7.52. The van der Waals surface area contributed by atoms with E-state index in [1.807, 2.05) is 31.2 Å². The van der Waals surface area contributed by atoms with Crippen LogP contribution in [0, 0.1) is 0 Å². The molecule has 7 heteroatoms. The standard InChI is InChI=1S/C17H17N5O2/c1-3-18-17(23)22-15-8-7-13-16(21-15)20-14(10-19-13)11-5-4-6-12(9-11)24-2/h4-10H,3H2,1-2H3,(H2,18,20,21,22,23). The summed E-state index contributed by atoms with van der Waals surface area (Å²) in [4.78, 5) is 24.9. The van der Waals surface area contributed by atoms with Crippen LogP contribution in [0.15, 0.2) is 42.6 Å². The van der Waals surface area contributed by atoms with Gasteiger partial charge < -0.3 is 10.1 Å². The summed E-state index contributed by atoms with van der Waals surface area (Å²) in [7, 11) is 1.62. The van der Waals surface area contributed by atoms with Gasteiger partial charge in [0, 0.05) is 12.1 Å². The van der Waals surface area contributed by atoms with Gasteiger partial charge in [-0.15, -0.1) is 0 Å². The number of nitrogens with zero attached hydrogens (tertiary/aromatic N) is 3. The number of methoxy groups -OCH3 is 1. The van der Waals surface area contributed by atoms with E-state index in [1.54, 1.807) is 25.4 Å². The number of benzene rings is 1. The Hall–Kier alpha value is -3.22. The summed E-state index contributed by atoms with van der Waals surface area (Å²) >= 11 is 0. The van der Waals surface area contributed by atoms with Gasteiger partial charge in [-0.25, -0.2) is 14.8 Å². The van der Waals surface area contributed by atoms with Crippen LogP contribution in [0.1, 0.15) is 6.92 Å². The number of carbonyl (C=O) groups excluding carboxylic acids is 1. The molecule has 0 bridgehead atoms. The summed E-state index contributed by atoms with van der Waals surface area (Å²) < 4.78 is 5.23. The SMILES string of the molecule is CCNC(=O)Nc1ccc2ncc(-c3cccc(OC)c3)nc2n1. The predicted octanol–water partition coefficient (Wildman–Crippen LogP) is 2.84. The molecule has 7 nitrogen and oxygen atoms in total. The van der Waals surface area contributed by atoms with E-state index < -0.39 is 0 Å². The molecule has 3 aromatic rings. The van der Waals surface area contributed by atoms with E-state index >= 15 is 0 Å². The Bertz CT molecular complexity index is 882. The minimum Gasteiger partial charge on any atom is -0.497 e. The van der Waals surface area contributed by atoms with E-state index in [9.17, 15) is 4.79 Å². The molecule has 2 aromatic heterocycles. The molecule has 0 atom stereocenters. The van der Waals surface area contributed by atoms with Crippen LogP contribution in [-0.4, -0.2) is 34.6 Å². The second-order valence-corrected chi connectivity index (χ2v) is 5.01. The molecule has 0 aliphatic heterocycles. The Kier molecular flexibility index (Phi) is 4.51. The molecule has 0 radical (unpaired) electrons. The summed E-state index contributed by atoms with van der Waals surface area (Å²) in [6, 6.07) is 10.7. The first-order chi connectivity index (χ1) is 11.7. The van der Waals surface area contributed by atoms with Crippen LogP contribution in [0.5, 0.6) is 5.75 Å². The smallest absolute Gasteiger partial charge is 0.320 e. The average molecular weight is 323 g/mol. The van der Waals surface area contributed by atoms with Crippen molar-refractivity contribution in [1.29, 1.82) is 0 Å². The van der Waals surface area contributed by atoms with Gasteiger partial charge >= 0.3 is 6.03 Å². The van der Waals surface area contributed by atoms with Gasteiger partial charge in [0.1, 0.15) is 17.1 Å². The maximum atomic E-state index is 11.6. The van der Waals surface area contributed by atoms with E-state index in [2.05, 4.69) is 25.6 Å². The second kappa shape index (κ2) is 6.91. The molecule has 24 heavy (non-hydrogen) atoms. The molecule has 0 saturated carbocycles. The molecular formula is C17H17N5O2. The van der Waals surface area contributed by atoms with Gasteiger partial charge in [0.2, 0.25) is 0 Å². The zero-order valence-electron chi connectivity index (χ0n) is 13.4. The number of fused-ring (bicyclic) bond motifs is 1. The lowest BCUT2D eigenvalue weighted by molar-refractivity contribution is 0.252. The van der Waals surface area contributed by atoms with Crippen LogP contribution in [-0.2, 0) is 0 Å². The fraction of sp³-hybridized carbons (Fsp3) is 0.176. The van der Waals surface area contributed by atoms with E-state index in [0.717, 1.165) is 11.3 Å². The lowest BCUT2D eigenvalue weighted by atomic mass is 10.1. The van der Waals surface area contributed by atoms with Crippen molar-refractivity contribution in [2.45, 2.75) is 6.92 Å². The van der Waals surface area contributed by atoms with Crippen molar-refractivity contribution in [1.82, 2.24) is 20.3 Å². The Morgan fingerprint density at radius 1 is 1.21 bits per heavy atom. The number of anilines is 1. The quantitative estimate of drug-likeness (QED) is 0.770. The van der Waals surface area contributed by atoms with Crippen LogP contribution in [0.2, 0.25) is 0 Å². The minimum absolute atomic E-state index is 0.304. The van der Waals surface area contributed by atoms with Gasteiger partial charge in [0.15, 0.2) is 5.65 Å². The summed E-state index contributed by atoms with van der Waals surface area (Å²) in [6.45, 7) is 2.39. The second-order valence-electron chi connectivity index (χ2n) is 5.01. The van der Waals surface area contributed by atoms with Crippen molar-refractivity contribution in [2.24, 2.45) is 0 Å². The number of rotatable bonds is 4. The summed E-state index contributed by atoms with van der Waals surface area (Å²) in [5.74, 6) is 1.17. The Labute approximate surface area is 139 Å². The van der Waals surface area contributed by atoms with Gasteiger partial charge in [-0.05, 0) is 31.2 Å². The van der Waals surface area contributed by atoms with E-state index in [-0.39, 0.29) is 6.03 Å². The highest BCUT2D eigenvalue weighted by molar-refractivity contribution is 5.89. The fourth-order valence-electron chi connectivity index (χ4n) is 2.21. The highest BCUT2D eigenvalue weighted by atomic mass is 16.5. The fourth-order valence-corrected chi connectivity index (χ4v) is 2.21. The van der Waals surface area contributed by atoms with Crippen molar-refractivity contribution in [3.05, 3.63) is 42.6 Å². The van der Waals surface area contributed by atoms with Crippen LogP contribution in [0.25, 0.3) is 22.4 Å². The van der Waals surface area contributed by atoms with E-state index in [1.165, 1.54) is 0 Å². The number of carbonyl (C=O) groups is 1. The highest BCUT2D eigenvalue weighted by Crippen LogP contribution is 2.23. The van der Waals surface area contributed by atoms with Crippen molar-refractivity contribution in [3.63, 3.8) is 0 Å². The molecule has 0 spiro atoms. The number of hydrogen-bond acceptors (Lipinski definition) is 5. The number of urea groups is 1. The molecule has 0 unspecified atom stereocenters. The van der Waals surface area contributed by atoms with Crippen molar-refractivity contribution >= 4 is 23.0 Å². The van der Waals surface area contributed by atoms with Gasteiger partial charge in [-0.1, -0.05) is 12.1 Å². The summed E-state index contributed by atoms with van der Waals surface area (Å²) in [5.41, 5.74) is 2.68. The van der Waals surface area contributed by atoms with Gasteiger partial charge in [0.05, 0.1) is 19.0 Å². The predicted molar refractivity (Wildman–Crippen MR) is 92.0 cm³/mol. The molecule has 0 fully saturated rings. The normalized spacial score (nSPS) is 10.4. The molecular weight excluding hydrogens is 306 g/mol. The molecule has 122 valence electrons. The maximum Gasteiger partial charge on any atom is 0.320 e. The molecule has 0 saturated heterocycles. The van der Waals surface area contributed by atoms with E-state index in [4.69, 9.17) is 4.74 Å². The number of nitrogens with one attached hydrogen (secondary N) is 2. The molecule has 0 aliphatic rings. The van der Waals surface area contributed by atoms with Crippen LogP contribution >= 0.6 is 0 Å². The average Bonchev–Trinajstić information content (AvgIpc) is 2.61. The third-order valence-corrected chi connectivity index (χ3v) is 3.35. The lowest BCUT2D eigenvalue weighted by Gasteiger charge is -2.07. The summed E-state index contributed by atoms with van der Waals surface area (Å²) in [6.07, 6.45) is 1.69. The number of aromatic nitrogens is 3. The monoisotopic (exact) mass is 323 g/mol. The van der Waals surface area contributed by atoms with Crippen LogP contribution in [0.3, 0.4) is 0 Å². The third-order valence-electron chi connectivity index (χ3n) is 3.35. The molecule has 2 N–H and O–H groups in total.